The van der Waals surface area contributed by atoms with Gasteiger partial charge in [-0.05, 0) is 31.0 Å². The van der Waals surface area contributed by atoms with Crippen molar-refractivity contribution in [3.05, 3.63) is 23.8 Å². The summed E-state index contributed by atoms with van der Waals surface area (Å²) in [6, 6.07) is 4.98. The second kappa shape index (κ2) is 5.13. The molecule has 20 heavy (non-hydrogen) atoms. The molecule has 6 heteroatoms. The van der Waals surface area contributed by atoms with Gasteiger partial charge in [0.05, 0.1) is 11.8 Å². The molecule has 0 saturated carbocycles. The minimum Gasteiger partial charge on any atom is -0.482 e. The zero-order valence-electron chi connectivity index (χ0n) is 11.0. The van der Waals surface area contributed by atoms with Gasteiger partial charge in [-0.15, -0.1) is 0 Å². The summed E-state index contributed by atoms with van der Waals surface area (Å²) in [6.45, 7) is 1.01. The first kappa shape index (κ1) is 12.9. The van der Waals surface area contributed by atoms with E-state index in [1.165, 1.54) is 0 Å². The third-order valence-electron chi connectivity index (χ3n) is 3.54. The fourth-order valence-corrected chi connectivity index (χ4v) is 2.54. The number of aliphatic hydroxyl groups is 1. The van der Waals surface area contributed by atoms with Crippen molar-refractivity contribution in [2.45, 2.75) is 18.9 Å². The van der Waals surface area contributed by atoms with E-state index in [4.69, 9.17) is 4.74 Å². The summed E-state index contributed by atoms with van der Waals surface area (Å²) in [5.41, 5.74) is 1.01. The Balaban J connectivity index is 1.81. The summed E-state index contributed by atoms with van der Waals surface area (Å²) < 4.78 is 5.26. The summed E-state index contributed by atoms with van der Waals surface area (Å²) >= 11 is 0. The van der Waals surface area contributed by atoms with Crippen LogP contribution in [0.4, 0.5) is 5.69 Å². The molecule has 0 spiro atoms. The maximum Gasteiger partial charge on any atom is 0.262 e. The van der Waals surface area contributed by atoms with Gasteiger partial charge in [0.1, 0.15) is 5.75 Å². The van der Waals surface area contributed by atoms with Crippen LogP contribution in [0.3, 0.4) is 0 Å². The topological polar surface area (TPSA) is 78.9 Å². The molecule has 1 atom stereocenters. The molecule has 1 aromatic rings. The number of carbonyl (C=O) groups is 2. The molecule has 1 aromatic carbocycles. The van der Waals surface area contributed by atoms with Crippen molar-refractivity contribution in [3.63, 3.8) is 0 Å². The maximum atomic E-state index is 12.4. The van der Waals surface area contributed by atoms with Gasteiger partial charge < -0.3 is 20.1 Å². The van der Waals surface area contributed by atoms with Crippen LogP contribution in [-0.2, 0) is 4.79 Å². The van der Waals surface area contributed by atoms with E-state index >= 15 is 0 Å². The fraction of sp³-hybridized carbons (Fsp3) is 0.429. The monoisotopic (exact) mass is 276 g/mol. The minimum absolute atomic E-state index is 0.00138. The molecule has 2 heterocycles. The lowest BCUT2D eigenvalue weighted by Gasteiger charge is -2.30. The molecular formula is C14H16N2O4. The van der Waals surface area contributed by atoms with Gasteiger partial charge in [-0.3, -0.25) is 9.59 Å². The van der Waals surface area contributed by atoms with E-state index in [-0.39, 0.29) is 18.4 Å². The number of carbonyl (C=O) groups excluding carboxylic acids is 2. The Bertz CT molecular complexity index is 558. The van der Waals surface area contributed by atoms with E-state index in [1.54, 1.807) is 23.1 Å². The molecule has 1 saturated heterocycles. The minimum atomic E-state index is -0.451. The number of likely N-dealkylation sites (tertiary alicyclic amines) is 1. The molecule has 106 valence electrons. The second-order valence-corrected chi connectivity index (χ2v) is 5.10. The number of β-amino-alcohol motifs (C(OH)–C–C–N with tert-alkyl or cyclic N) is 1. The largest absolute Gasteiger partial charge is 0.482 e. The highest BCUT2D eigenvalue weighted by atomic mass is 16.5. The number of benzene rings is 1. The maximum absolute atomic E-state index is 12.4. The molecule has 0 unspecified atom stereocenters. The average molecular weight is 276 g/mol. The van der Waals surface area contributed by atoms with Gasteiger partial charge in [0.25, 0.3) is 11.8 Å². The van der Waals surface area contributed by atoms with E-state index in [9.17, 15) is 14.7 Å². The third kappa shape index (κ3) is 2.46. The van der Waals surface area contributed by atoms with Crippen molar-refractivity contribution in [2.75, 3.05) is 25.0 Å². The first-order chi connectivity index (χ1) is 9.63. The molecule has 2 N–H and O–H groups in total. The zero-order valence-corrected chi connectivity index (χ0v) is 11.0. The number of ether oxygens (including phenoxy) is 1. The molecule has 0 bridgehead atoms. The van der Waals surface area contributed by atoms with Crippen LogP contribution >= 0.6 is 0 Å². The standard InChI is InChI=1S/C14H16N2O4/c17-10-2-1-5-16(7-10)14(19)9-3-4-12-11(6-9)15-13(18)8-20-12/h3-4,6,10,17H,1-2,5,7-8H2,(H,15,18)/t10-/m0/s1. The number of anilines is 1. The summed E-state index contributed by atoms with van der Waals surface area (Å²) in [5, 5.41) is 12.3. The number of hydrogen-bond donors (Lipinski definition) is 2. The summed E-state index contributed by atoms with van der Waals surface area (Å²) in [4.78, 5) is 25.3. The number of piperidine rings is 1. The van der Waals surface area contributed by atoms with Crippen molar-refractivity contribution >= 4 is 17.5 Å². The molecule has 6 nitrogen and oxygen atoms in total. The lowest BCUT2D eigenvalue weighted by atomic mass is 10.1. The summed E-state index contributed by atoms with van der Waals surface area (Å²) in [5.74, 6) is 0.210. The number of nitrogens with zero attached hydrogens (tertiary/aromatic N) is 1. The number of aliphatic hydroxyl groups excluding tert-OH is 1. The van der Waals surface area contributed by atoms with Crippen LogP contribution in [0.2, 0.25) is 0 Å². The number of rotatable bonds is 1. The van der Waals surface area contributed by atoms with E-state index in [2.05, 4.69) is 5.32 Å². The van der Waals surface area contributed by atoms with E-state index in [1.807, 2.05) is 0 Å². The van der Waals surface area contributed by atoms with Crippen molar-refractivity contribution in [2.24, 2.45) is 0 Å². The van der Waals surface area contributed by atoms with Crippen LogP contribution in [0.5, 0.6) is 5.75 Å². The van der Waals surface area contributed by atoms with Gasteiger partial charge in [0.2, 0.25) is 0 Å². The van der Waals surface area contributed by atoms with Crippen molar-refractivity contribution in [1.29, 1.82) is 0 Å². The van der Waals surface area contributed by atoms with Crippen LogP contribution in [0.1, 0.15) is 23.2 Å². The zero-order chi connectivity index (χ0) is 14.1. The van der Waals surface area contributed by atoms with Crippen LogP contribution in [0.15, 0.2) is 18.2 Å². The predicted molar refractivity (Wildman–Crippen MR) is 71.7 cm³/mol. The molecule has 0 radical (unpaired) electrons. The van der Waals surface area contributed by atoms with Gasteiger partial charge in [0, 0.05) is 18.7 Å². The van der Waals surface area contributed by atoms with Gasteiger partial charge in [0.15, 0.2) is 6.61 Å². The van der Waals surface area contributed by atoms with Crippen molar-refractivity contribution < 1.29 is 19.4 Å². The average Bonchev–Trinajstić information content (AvgIpc) is 2.45. The van der Waals surface area contributed by atoms with Gasteiger partial charge in [-0.25, -0.2) is 0 Å². The molecule has 0 aromatic heterocycles. The van der Waals surface area contributed by atoms with Gasteiger partial charge in [-0.2, -0.15) is 0 Å². The molecule has 3 rings (SSSR count). The number of hydrogen-bond acceptors (Lipinski definition) is 4. The van der Waals surface area contributed by atoms with Crippen molar-refractivity contribution in [1.82, 2.24) is 4.90 Å². The molecule has 2 amide bonds. The Labute approximate surface area is 116 Å². The van der Waals surface area contributed by atoms with Crippen molar-refractivity contribution in [3.8, 4) is 5.75 Å². The van der Waals surface area contributed by atoms with Gasteiger partial charge in [-0.1, -0.05) is 0 Å². The lowest BCUT2D eigenvalue weighted by molar-refractivity contribution is -0.118. The SMILES string of the molecule is O=C1COc2ccc(C(=O)N3CCC[C@H](O)C3)cc2N1. The van der Waals surface area contributed by atoms with E-state index < -0.39 is 6.10 Å². The number of amides is 2. The molecule has 1 fully saturated rings. The number of nitrogens with one attached hydrogen (secondary N) is 1. The Hall–Kier alpha value is -2.08. The molecule has 0 aliphatic carbocycles. The van der Waals surface area contributed by atoms with Gasteiger partial charge >= 0.3 is 0 Å². The Morgan fingerprint density at radius 3 is 3.10 bits per heavy atom. The van der Waals surface area contributed by atoms with Crippen LogP contribution in [-0.4, -0.2) is 47.6 Å². The molecule has 2 aliphatic rings. The van der Waals surface area contributed by atoms with E-state index in [0.29, 0.717) is 30.1 Å². The first-order valence-electron chi connectivity index (χ1n) is 6.67. The highest BCUT2D eigenvalue weighted by Gasteiger charge is 2.24. The normalized spacial score (nSPS) is 21.8. The Morgan fingerprint density at radius 2 is 2.30 bits per heavy atom. The quantitative estimate of drug-likeness (QED) is 0.788. The summed E-state index contributed by atoms with van der Waals surface area (Å²) in [6.07, 6.45) is 1.09. The highest BCUT2D eigenvalue weighted by molar-refractivity contribution is 5.99. The smallest absolute Gasteiger partial charge is 0.262 e. The first-order valence-corrected chi connectivity index (χ1v) is 6.67. The Kier molecular flexibility index (Phi) is 3.31. The molecule has 2 aliphatic heterocycles. The Morgan fingerprint density at radius 1 is 1.45 bits per heavy atom. The van der Waals surface area contributed by atoms with Crippen LogP contribution in [0.25, 0.3) is 0 Å². The highest BCUT2D eigenvalue weighted by Crippen LogP contribution is 2.29. The summed E-state index contributed by atoms with van der Waals surface area (Å²) in [7, 11) is 0. The molecular weight excluding hydrogens is 260 g/mol. The van der Waals surface area contributed by atoms with Crippen LogP contribution < -0.4 is 10.1 Å². The fourth-order valence-electron chi connectivity index (χ4n) is 2.54. The van der Waals surface area contributed by atoms with Crippen LogP contribution in [0, 0.1) is 0 Å². The third-order valence-corrected chi connectivity index (χ3v) is 3.54. The van der Waals surface area contributed by atoms with E-state index in [0.717, 1.165) is 12.8 Å². The second-order valence-electron chi connectivity index (χ2n) is 5.10. The predicted octanol–water partition coefficient (Wildman–Crippen LogP) is 0.614. The number of fused-ring (bicyclic) bond motifs is 1. The lowest BCUT2D eigenvalue weighted by Crippen LogP contribution is -2.42.